The summed E-state index contributed by atoms with van der Waals surface area (Å²) in [6.45, 7) is 10.2. The van der Waals surface area contributed by atoms with Crippen molar-refractivity contribution < 1.29 is 9.53 Å². The lowest BCUT2D eigenvalue weighted by molar-refractivity contribution is -0.130. The van der Waals surface area contributed by atoms with Crippen molar-refractivity contribution >= 4 is 17.2 Å². The number of carbonyl (C=O) groups is 1. The molecular formula is C21H32N2O2S. The van der Waals surface area contributed by atoms with Crippen molar-refractivity contribution in [1.82, 2.24) is 10.2 Å². The number of nitrogens with zero attached hydrogens (tertiary/aromatic N) is 1. The smallest absolute Gasteiger partial charge is 0.225 e. The monoisotopic (exact) mass is 376 g/mol. The fraction of sp³-hybridized carbons (Fsp3) is 0.762. The van der Waals surface area contributed by atoms with Gasteiger partial charge in [0.25, 0.3) is 0 Å². The van der Waals surface area contributed by atoms with Crippen LogP contribution >= 0.6 is 11.3 Å². The van der Waals surface area contributed by atoms with Crippen LogP contribution in [0.5, 0.6) is 0 Å². The Balaban J connectivity index is 1.38. The van der Waals surface area contributed by atoms with Crippen LogP contribution in [0.25, 0.3) is 0 Å². The Bertz CT molecular complexity index is 644. The van der Waals surface area contributed by atoms with Gasteiger partial charge in [0, 0.05) is 48.3 Å². The molecule has 0 radical (unpaired) electrons. The van der Waals surface area contributed by atoms with Gasteiger partial charge in [0.15, 0.2) is 0 Å². The molecule has 144 valence electrons. The molecule has 0 unspecified atom stereocenters. The van der Waals surface area contributed by atoms with Crippen LogP contribution in [0.15, 0.2) is 17.5 Å². The second-order valence-electron chi connectivity index (χ2n) is 9.12. The largest absolute Gasteiger partial charge is 0.370 e. The normalized spacial score (nSPS) is 33.6. The number of likely N-dealkylation sites (tertiary alicyclic amines) is 1. The van der Waals surface area contributed by atoms with E-state index in [9.17, 15) is 4.79 Å². The maximum atomic E-state index is 12.6. The third-order valence-electron chi connectivity index (χ3n) is 6.80. The van der Waals surface area contributed by atoms with E-state index in [1.54, 1.807) is 0 Å². The third kappa shape index (κ3) is 3.23. The SMILES string of the molecule is CCCC(C)(C)C(=O)NC[C@H]1[C@H]2CN(Cc3cccs3)C[C@]23CC[C@H]1O3. The maximum absolute atomic E-state index is 12.6. The molecule has 4 atom stereocenters. The molecule has 3 fully saturated rings. The molecule has 1 spiro atoms. The highest BCUT2D eigenvalue weighted by Crippen LogP contribution is 2.54. The molecule has 2 bridgehead atoms. The van der Waals surface area contributed by atoms with Crippen LogP contribution < -0.4 is 5.32 Å². The minimum absolute atomic E-state index is 0.0518. The average molecular weight is 377 g/mol. The summed E-state index contributed by atoms with van der Waals surface area (Å²) < 4.78 is 6.52. The average Bonchev–Trinajstić information content (AvgIpc) is 3.33. The Morgan fingerprint density at radius 3 is 3.08 bits per heavy atom. The van der Waals surface area contributed by atoms with Gasteiger partial charge in [-0.1, -0.05) is 33.3 Å². The Labute approximate surface area is 161 Å². The van der Waals surface area contributed by atoms with E-state index in [4.69, 9.17) is 4.74 Å². The molecule has 3 aliphatic rings. The van der Waals surface area contributed by atoms with E-state index < -0.39 is 0 Å². The molecule has 26 heavy (non-hydrogen) atoms. The summed E-state index contributed by atoms with van der Waals surface area (Å²) in [4.78, 5) is 16.6. The lowest BCUT2D eigenvalue weighted by Gasteiger charge is -2.31. The van der Waals surface area contributed by atoms with E-state index in [0.717, 1.165) is 45.4 Å². The molecule has 0 aromatic carbocycles. The van der Waals surface area contributed by atoms with Crippen LogP contribution in [-0.4, -0.2) is 42.1 Å². The minimum Gasteiger partial charge on any atom is -0.370 e. The summed E-state index contributed by atoms with van der Waals surface area (Å²) in [6.07, 6.45) is 4.67. The number of hydrogen-bond acceptors (Lipinski definition) is 4. The zero-order valence-corrected chi connectivity index (χ0v) is 17.1. The maximum Gasteiger partial charge on any atom is 0.225 e. The summed E-state index contributed by atoms with van der Waals surface area (Å²) in [7, 11) is 0. The Morgan fingerprint density at radius 2 is 2.35 bits per heavy atom. The Kier molecular flexibility index (Phi) is 4.91. The van der Waals surface area contributed by atoms with Crippen molar-refractivity contribution in [1.29, 1.82) is 0 Å². The predicted octanol–water partition coefficient (Wildman–Crippen LogP) is 3.67. The molecule has 1 amide bonds. The molecule has 3 aliphatic heterocycles. The first-order chi connectivity index (χ1) is 12.4. The van der Waals surface area contributed by atoms with Gasteiger partial charge in [0.1, 0.15) is 0 Å². The molecule has 4 nitrogen and oxygen atoms in total. The standard InChI is InChI=1S/C21H32N2O2S/c1-4-8-20(2,3)19(24)22-11-16-17-13-23(12-15-6-5-10-26-15)14-21(17)9-7-18(16)25-21/h5-6,10,16-18H,4,7-9,11-14H2,1-3H3,(H,22,24)/t16-,17+,18+,21+/m0/s1. The highest BCUT2D eigenvalue weighted by atomic mass is 32.1. The van der Waals surface area contributed by atoms with Gasteiger partial charge in [0.05, 0.1) is 11.7 Å². The molecule has 1 N–H and O–H groups in total. The first kappa shape index (κ1) is 18.5. The lowest BCUT2D eigenvalue weighted by atomic mass is 9.73. The number of ether oxygens (including phenoxy) is 1. The summed E-state index contributed by atoms with van der Waals surface area (Å²) in [5, 5.41) is 5.42. The molecule has 3 saturated heterocycles. The fourth-order valence-corrected chi connectivity index (χ4v) is 6.24. The van der Waals surface area contributed by atoms with E-state index in [1.165, 1.54) is 11.3 Å². The number of amides is 1. The lowest BCUT2D eigenvalue weighted by Crippen LogP contribution is -2.45. The first-order valence-corrected chi connectivity index (χ1v) is 11.0. The van der Waals surface area contributed by atoms with Gasteiger partial charge in [-0.25, -0.2) is 0 Å². The first-order valence-electron chi connectivity index (χ1n) is 10.1. The highest BCUT2D eigenvalue weighted by molar-refractivity contribution is 7.09. The van der Waals surface area contributed by atoms with Crippen LogP contribution in [0.4, 0.5) is 0 Å². The van der Waals surface area contributed by atoms with Gasteiger partial charge in [-0.2, -0.15) is 0 Å². The summed E-state index contributed by atoms with van der Waals surface area (Å²) in [5.74, 6) is 1.24. The van der Waals surface area contributed by atoms with Crippen molar-refractivity contribution in [3.8, 4) is 0 Å². The van der Waals surface area contributed by atoms with Gasteiger partial charge in [0.2, 0.25) is 5.91 Å². The summed E-state index contributed by atoms with van der Waals surface area (Å²) in [5.41, 5.74) is -0.220. The predicted molar refractivity (Wildman–Crippen MR) is 105 cm³/mol. The van der Waals surface area contributed by atoms with E-state index in [2.05, 4.69) is 48.5 Å². The molecule has 5 heteroatoms. The number of carbonyl (C=O) groups excluding carboxylic acids is 1. The second-order valence-corrected chi connectivity index (χ2v) is 10.2. The van der Waals surface area contributed by atoms with Crippen LogP contribution in [-0.2, 0) is 16.1 Å². The molecular weight excluding hydrogens is 344 g/mol. The molecule has 1 aromatic heterocycles. The Hall–Kier alpha value is -0.910. The number of fused-ring (bicyclic) bond motifs is 1. The number of nitrogens with one attached hydrogen (secondary N) is 1. The number of thiophene rings is 1. The van der Waals surface area contributed by atoms with Crippen molar-refractivity contribution in [2.24, 2.45) is 17.3 Å². The zero-order chi connectivity index (χ0) is 18.4. The second kappa shape index (κ2) is 6.92. The van der Waals surface area contributed by atoms with Crippen molar-refractivity contribution in [3.05, 3.63) is 22.4 Å². The van der Waals surface area contributed by atoms with E-state index in [1.807, 2.05) is 11.3 Å². The van der Waals surface area contributed by atoms with Gasteiger partial charge in [-0.15, -0.1) is 11.3 Å². The van der Waals surface area contributed by atoms with Gasteiger partial charge in [-0.05, 0) is 30.7 Å². The number of rotatable bonds is 7. The number of hydrogen-bond donors (Lipinski definition) is 1. The van der Waals surface area contributed by atoms with Crippen LogP contribution in [0.1, 0.15) is 51.3 Å². The van der Waals surface area contributed by atoms with Crippen LogP contribution in [0.3, 0.4) is 0 Å². The highest BCUT2D eigenvalue weighted by Gasteiger charge is 2.62. The van der Waals surface area contributed by atoms with E-state index >= 15 is 0 Å². The van der Waals surface area contributed by atoms with Crippen molar-refractivity contribution in [3.63, 3.8) is 0 Å². The van der Waals surface area contributed by atoms with Crippen LogP contribution in [0.2, 0.25) is 0 Å². The van der Waals surface area contributed by atoms with Crippen molar-refractivity contribution in [2.75, 3.05) is 19.6 Å². The molecule has 4 rings (SSSR count). The molecule has 0 saturated carbocycles. The topological polar surface area (TPSA) is 41.6 Å². The van der Waals surface area contributed by atoms with E-state index in [0.29, 0.717) is 17.9 Å². The van der Waals surface area contributed by atoms with Crippen molar-refractivity contribution in [2.45, 2.75) is 64.7 Å². The molecule has 0 aliphatic carbocycles. The third-order valence-corrected chi connectivity index (χ3v) is 7.66. The molecule has 4 heterocycles. The Morgan fingerprint density at radius 1 is 1.50 bits per heavy atom. The molecule has 1 aromatic rings. The summed E-state index contributed by atoms with van der Waals surface area (Å²) in [6, 6.07) is 4.36. The minimum atomic E-state index is -0.272. The zero-order valence-electron chi connectivity index (χ0n) is 16.3. The fourth-order valence-electron chi connectivity index (χ4n) is 5.49. The summed E-state index contributed by atoms with van der Waals surface area (Å²) >= 11 is 1.84. The van der Waals surface area contributed by atoms with Gasteiger partial charge >= 0.3 is 0 Å². The van der Waals surface area contributed by atoms with Gasteiger partial charge < -0.3 is 10.1 Å². The quantitative estimate of drug-likeness (QED) is 0.789. The van der Waals surface area contributed by atoms with Crippen LogP contribution in [0, 0.1) is 17.3 Å². The van der Waals surface area contributed by atoms with E-state index in [-0.39, 0.29) is 16.9 Å². The van der Waals surface area contributed by atoms with Gasteiger partial charge in [-0.3, -0.25) is 9.69 Å².